The quantitative estimate of drug-likeness (QED) is 0.836. The van der Waals surface area contributed by atoms with E-state index in [1.165, 1.54) is 24.0 Å². The lowest BCUT2D eigenvalue weighted by atomic mass is 9.47. The van der Waals surface area contributed by atoms with E-state index in [-0.39, 0.29) is 17.6 Å². The van der Waals surface area contributed by atoms with Gasteiger partial charge in [-0.25, -0.2) is 0 Å². The Labute approximate surface area is 150 Å². The van der Waals surface area contributed by atoms with E-state index in [0.717, 1.165) is 35.2 Å². The summed E-state index contributed by atoms with van der Waals surface area (Å²) in [5.74, 6) is 2.81. The molecule has 0 radical (unpaired) electrons. The van der Waals surface area contributed by atoms with Crippen molar-refractivity contribution < 1.29 is 19.3 Å². The number of methoxy groups -OCH3 is 2. The molecule has 3 aliphatic carbocycles. The zero-order chi connectivity index (χ0) is 16.6. The zero-order valence-corrected chi connectivity index (χ0v) is 15.6. The molecule has 1 aromatic carbocycles. The highest BCUT2D eigenvalue weighted by Gasteiger charge is 2.66. The Hall–Kier alpha value is -0.780. The summed E-state index contributed by atoms with van der Waals surface area (Å²) in [7, 11) is 3.39. The van der Waals surface area contributed by atoms with E-state index in [0.29, 0.717) is 11.8 Å². The molecule has 4 nitrogen and oxygen atoms in total. The third-order valence-corrected chi connectivity index (χ3v) is 7.79. The van der Waals surface area contributed by atoms with Gasteiger partial charge < -0.3 is 19.3 Å². The predicted molar refractivity (Wildman–Crippen MR) is 92.7 cm³/mol. The molecule has 24 heavy (non-hydrogen) atoms. The van der Waals surface area contributed by atoms with Crippen molar-refractivity contribution >= 4 is 15.9 Å². The van der Waals surface area contributed by atoms with Crippen molar-refractivity contribution in [3.63, 3.8) is 0 Å². The van der Waals surface area contributed by atoms with Crippen molar-refractivity contribution in [2.24, 2.45) is 11.8 Å². The second kappa shape index (κ2) is 5.12. The van der Waals surface area contributed by atoms with Crippen LogP contribution in [-0.4, -0.2) is 37.6 Å². The molecule has 6 unspecified atom stereocenters. The molecule has 0 saturated heterocycles. The summed E-state index contributed by atoms with van der Waals surface area (Å²) in [5.41, 5.74) is 2.61. The topological polar surface area (TPSA) is 47.9 Å². The standard InChI is InChI=1S/C19H23BrO4/c1-22-13-7-11-9-4-3-5-19(11)15-10(6-9)12(20)8-14(23-2)17(15)24-18(19)16(13)21/h8-9,11,13,16,18,21H,3-7H2,1-2H3. The van der Waals surface area contributed by atoms with Crippen LogP contribution in [0.1, 0.15) is 36.8 Å². The number of hydrogen-bond donors (Lipinski definition) is 1. The van der Waals surface area contributed by atoms with Gasteiger partial charge in [-0.15, -0.1) is 0 Å². The Balaban J connectivity index is 1.79. The van der Waals surface area contributed by atoms with Gasteiger partial charge >= 0.3 is 0 Å². The summed E-state index contributed by atoms with van der Waals surface area (Å²) in [5, 5.41) is 11.0. The number of halogens is 1. The van der Waals surface area contributed by atoms with Crippen molar-refractivity contribution in [1.29, 1.82) is 0 Å². The number of aliphatic hydroxyl groups excluding tert-OH is 1. The number of rotatable bonds is 2. The Bertz CT molecular complexity index is 705. The first-order valence-corrected chi connectivity index (χ1v) is 9.68. The van der Waals surface area contributed by atoms with Crippen LogP contribution in [0, 0.1) is 11.8 Å². The van der Waals surface area contributed by atoms with Gasteiger partial charge in [0.15, 0.2) is 11.5 Å². The molecule has 0 aromatic heterocycles. The number of ether oxygens (including phenoxy) is 3. The van der Waals surface area contributed by atoms with Crippen LogP contribution < -0.4 is 9.47 Å². The predicted octanol–water partition coefficient (Wildman–Crippen LogP) is 3.21. The maximum absolute atomic E-state index is 11.0. The number of benzene rings is 1. The lowest BCUT2D eigenvalue weighted by molar-refractivity contribution is -0.153. The molecule has 1 heterocycles. The molecular weight excluding hydrogens is 372 g/mol. The Morgan fingerprint density at radius 3 is 2.96 bits per heavy atom. The fraction of sp³-hybridized carbons (Fsp3) is 0.684. The zero-order valence-electron chi connectivity index (χ0n) is 14.0. The molecule has 1 aliphatic heterocycles. The molecule has 130 valence electrons. The summed E-state index contributed by atoms with van der Waals surface area (Å²) < 4.78 is 18.8. The van der Waals surface area contributed by atoms with Crippen LogP contribution in [0.4, 0.5) is 0 Å². The van der Waals surface area contributed by atoms with Gasteiger partial charge in [-0.1, -0.05) is 22.4 Å². The van der Waals surface area contributed by atoms with E-state index < -0.39 is 6.10 Å². The maximum atomic E-state index is 11.0. The van der Waals surface area contributed by atoms with Crippen LogP contribution in [0.25, 0.3) is 0 Å². The van der Waals surface area contributed by atoms with Crippen LogP contribution in [-0.2, 0) is 16.6 Å². The normalized spacial score (nSPS) is 41.6. The Morgan fingerprint density at radius 2 is 2.21 bits per heavy atom. The van der Waals surface area contributed by atoms with Crippen molar-refractivity contribution in [2.75, 3.05) is 14.2 Å². The number of hydrogen-bond acceptors (Lipinski definition) is 4. The lowest BCUT2D eigenvalue weighted by Gasteiger charge is -2.57. The molecule has 5 heteroatoms. The van der Waals surface area contributed by atoms with Gasteiger partial charge in [0.1, 0.15) is 12.2 Å². The van der Waals surface area contributed by atoms with Crippen LogP contribution in [0.15, 0.2) is 10.5 Å². The highest BCUT2D eigenvalue weighted by molar-refractivity contribution is 9.10. The number of aliphatic hydroxyl groups is 1. The minimum atomic E-state index is -0.591. The first-order valence-electron chi connectivity index (χ1n) is 8.89. The largest absolute Gasteiger partial charge is 0.493 e. The van der Waals surface area contributed by atoms with Gasteiger partial charge in [-0.2, -0.15) is 0 Å². The molecule has 2 bridgehead atoms. The van der Waals surface area contributed by atoms with Crippen LogP contribution in [0.2, 0.25) is 0 Å². The van der Waals surface area contributed by atoms with Crippen molar-refractivity contribution in [2.45, 2.75) is 55.8 Å². The van der Waals surface area contributed by atoms with E-state index in [4.69, 9.17) is 14.2 Å². The highest BCUT2D eigenvalue weighted by Crippen LogP contribution is 2.66. The van der Waals surface area contributed by atoms with Crippen LogP contribution in [0.3, 0.4) is 0 Å². The van der Waals surface area contributed by atoms with Gasteiger partial charge in [-0.3, -0.25) is 0 Å². The molecule has 1 N–H and O–H groups in total. The molecule has 0 amide bonds. The first-order chi connectivity index (χ1) is 11.6. The Morgan fingerprint density at radius 1 is 1.38 bits per heavy atom. The third-order valence-electron chi connectivity index (χ3n) is 7.08. The molecule has 2 fully saturated rings. The summed E-state index contributed by atoms with van der Waals surface area (Å²) >= 11 is 3.77. The molecule has 5 rings (SSSR count). The van der Waals surface area contributed by atoms with Crippen molar-refractivity contribution in [1.82, 2.24) is 0 Å². The van der Waals surface area contributed by atoms with Gasteiger partial charge in [0.05, 0.1) is 13.2 Å². The van der Waals surface area contributed by atoms with Gasteiger partial charge in [0, 0.05) is 22.6 Å². The van der Waals surface area contributed by atoms with Crippen molar-refractivity contribution in [3.8, 4) is 11.5 Å². The SMILES string of the molecule is COc1cc(Br)c2c3c1OC1C(O)C(OC)CC4C(CCCC341)C2. The van der Waals surface area contributed by atoms with E-state index in [1.807, 2.05) is 6.07 Å². The van der Waals surface area contributed by atoms with Crippen molar-refractivity contribution in [3.05, 3.63) is 21.7 Å². The van der Waals surface area contributed by atoms with Crippen LogP contribution in [0.5, 0.6) is 11.5 Å². The molecular formula is C19H23BrO4. The lowest BCUT2D eigenvalue weighted by Crippen LogP contribution is -2.64. The first kappa shape index (κ1) is 15.5. The second-order valence-electron chi connectivity index (χ2n) is 7.79. The average molecular weight is 395 g/mol. The van der Waals surface area contributed by atoms with E-state index in [1.54, 1.807) is 14.2 Å². The van der Waals surface area contributed by atoms with Crippen LogP contribution >= 0.6 is 15.9 Å². The minimum Gasteiger partial charge on any atom is -0.493 e. The molecule has 1 aromatic rings. The van der Waals surface area contributed by atoms with E-state index in [9.17, 15) is 5.11 Å². The summed E-state index contributed by atoms with van der Waals surface area (Å²) in [6, 6.07) is 2.03. The fourth-order valence-corrected chi connectivity index (χ4v) is 6.78. The van der Waals surface area contributed by atoms with Gasteiger partial charge in [-0.05, 0) is 49.1 Å². The smallest absolute Gasteiger partial charge is 0.166 e. The average Bonchev–Trinajstić information content (AvgIpc) is 2.91. The van der Waals surface area contributed by atoms with E-state index in [2.05, 4.69) is 15.9 Å². The second-order valence-corrected chi connectivity index (χ2v) is 8.64. The summed E-state index contributed by atoms with van der Waals surface area (Å²) in [6.07, 6.45) is 4.62. The highest BCUT2D eigenvalue weighted by atomic mass is 79.9. The minimum absolute atomic E-state index is 0.0721. The summed E-state index contributed by atoms with van der Waals surface area (Å²) in [4.78, 5) is 0. The molecule has 1 spiro atoms. The Kier molecular flexibility index (Phi) is 3.30. The molecule has 4 aliphatic rings. The van der Waals surface area contributed by atoms with E-state index >= 15 is 0 Å². The molecule has 2 saturated carbocycles. The third kappa shape index (κ3) is 1.66. The van der Waals surface area contributed by atoms with Gasteiger partial charge in [0.2, 0.25) is 0 Å². The fourth-order valence-electron chi connectivity index (χ4n) is 6.21. The summed E-state index contributed by atoms with van der Waals surface area (Å²) in [6.45, 7) is 0. The van der Waals surface area contributed by atoms with Gasteiger partial charge in [0.25, 0.3) is 0 Å². The molecule has 6 atom stereocenters. The monoisotopic (exact) mass is 394 g/mol. The maximum Gasteiger partial charge on any atom is 0.166 e.